The molecule has 0 spiro atoms. The van der Waals surface area contributed by atoms with Crippen molar-refractivity contribution in [2.45, 2.75) is 46.1 Å². The summed E-state index contributed by atoms with van der Waals surface area (Å²) in [5, 5.41) is 5.70. The molecule has 1 aliphatic carbocycles. The molecule has 1 fully saturated rings. The minimum atomic E-state index is -0.622. The van der Waals surface area contributed by atoms with Crippen molar-refractivity contribution in [1.29, 1.82) is 0 Å². The van der Waals surface area contributed by atoms with Gasteiger partial charge in [-0.2, -0.15) is 0 Å². The maximum absolute atomic E-state index is 12.4. The summed E-state index contributed by atoms with van der Waals surface area (Å²) >= 11 is 0. The third kappa shape index (κ3) is 5.28. The Morgan fingerprint density at radius 2 is 1.97 bits per heavy atom. The molecule has 1 aromatic heterocycles. The van der Waals surface area contributed by atoms with E-state index in [1.807, 2.05) is 6.92 Å². The summed E-state index contributed by atoms with van der Waals surface area (Å²) in [6.45, 7) is 5.82. The molecule has 1 aliphatic rings. The Kier molecular flexibility index (Phi) is 6.92. The van der Waals surface area contributed by atoms with Crippen LogP contribution in [-0.2, 0) is 9.53 Å². The van der Waals surface area contributed by atoms with Crippen LogP contribution >= 0.6 is 0 Å². The van der Waals surface area contributed by atoms with Crippen LogP contribution in [0.2, 0.25) is 0 Å². The molecule has 0 bridgehead atoms. The van der Waals surface area contributed by atoms with Gasteiger partial charge in [-0.25, -0.2) is 4.79 Å². The Balaban J connectivity index is 1.56. The van der Waals surface area contributed by atoms with Gasteiger partial charge in [0.25, 0.3) is 11.8 Å². The van der Waals surface area contributed by atoms with Crippen molar-refractivity contribution < 1.29 is 23.5 Å². The zero-order valence-electron chi connectivity index (χ0n) is 17.6. The molecule has 7 nitrogen and oxygen atoms in total. The van der Waals surface area contributed by atoms with E-state index in [0.29, 0.717) is 17.5 Å². The van der Waals surface area contributed by atoms with Crippen LogP contribution in [-0.4, -0.2) is 30.4 Å². The van der Waals surface area contributed by atoms with Gasteiger partial charge in [-0.05, 0) is 55.0 Å². The molecule has 2 amide bonds. The maximum Gasteiger partial charge on any atom is 0.338 e. The second-order valence-corrected chi connectivity index (χ2v) is 7.98. The number of hydrogen-bond donors (Lipinski definition) is 2. The van der Waals surface area contributed by atoms with Gasteiger partial charge in [-0.15, -0.1) is 0 Å². The summed E-state index contributed by atoms with van der Waals surface area (Å²) in [6, 6.07) is 8.12. The van der Waals surface area contributed by atoms with E-state index in [9.17, 15) is 14.4 Å². The van der Waals surface area contributed by atoms with Crippen LogP contribution < -0.4 is 10.6 Å². The van der Waals surface area contributed by atoms with E-state index in [0.717, 1.165) is 18.4 Å². The van der Waals surface area contributed by atoms with Crippen molar-refractivity contribution >= 4 is 23.5 Å². The topological polar surface area (TPSA) is 97.6 Å². The molecule has 2 aromatic rings. The first-order valence-electron chi connectivity index (χ1n) is 10.3. The number of furan rings is 1. The Bertz CT molecular complexity index is 906. The fraction of sp³-hybridized carbons (Fsp3) is 0.435. The minimum Gasteiger partial charge on any atom is -0.459 e. The molecule has 1 aromatic carbocycles. The highest BCUT2D eigenvalue weighted by molar-refractivity contribution is 6.03. The quantitative estimate of drug-likeness (QED) is 0.701. The van der Waals surface area contributed by atoms with E-state index >= 15 is 0 Å². The van der Waals surface area contributed by atoms with Crippen LogP contribution in [0.25, 0.3) is 0 Å². The van der Waals surface area contributed by atoms with E-state index in [-0.39, 0.29) is 29.9 Å². The van der Waals surface area contributed by atoms with Gasteiger partial charge in [0, 0.05) is 11.7 Å². The van der Waals surface area contributed by atoms with E-state index < -0.39 is 11.9 Å². The molecular formula is C23H28N2O5. The average molecular weight is 412 g/mol. The van der Waals surface area contributed by atoms with Crippen LogP contribution in [0.5, 0.6) is 0 Å². The van der Waals surface area contributed by atoms with Gasteiger partial charge in [-0.3, -0.25) is 9.59 Å². The first kappa shape index (κ1) is 21.6. The molecule has 1 heterocycles. The van der Waals surface area contributed by atoms with Crippen LogP contribution in [0.4, 0.5) is 5.69 Å². The van der Waals surface area contributed by atoms with Crippen molar-refractivity contribution in [2.24, 2.45) is 11.8 Å². The smallest absolute Gasteiger partial charge is 0.338 e. The molecule has 7 heteroatoms. The highest BCUT2D eigenvalue weighted by atomic mass is 16.5. The Labute approximate surface area is 176 Å². The molecule has 0 saturated heterocycles. The van der Waals surface area contributed by atoms with Crippen molar-refractivity contribution in [2.75, 3.05) is 11.9 Å². The molecule has 0 aliphatic heterocycles. The number of carbonyl (C=O) groups excluding carboxylic acids is 3. The normalized spacial score (nSPS) is 21.0. The van der Waals surface area contributed by atoms with Crippen molar-refractivity contribution in [3.05, 3.63) is 53.5 Å². The third-order valence-electron chi connectivity index (χ3n) is 5.85. The third-order valence-corrected chi connectivity index (χ3v) is 5.85. The lowest BCUT2D eigenvalue weighted by molar-refractivity contribution is -0.125. The van der Waals surface area contributed by atoms with E-state index in [4.69, 9.17) is 9.15 Å². The number of aryl methyl sites for hydroxylation is 1. The van der Waals surface area contributed by atoms with E-state index in [1.54, 1.807) is 24.3 Å². The molecule has 160 valence electrons. The van der Waals surface area contributed by atoms with Crippen LogP contribution in [0, 0.1) is 18.8 Å². The Hall–Kier alpha value is -3.09. The molecule has 3 rings (SSSR count). The van der Waals surface area contributed by atoms with E-state index in [1.165, 1.54) is 18.8 Å². The lowest BCUT2D eigenvalue weighted by Gasteiger charge is -2.34. The summed E-state index contributed by atoms with van der Waals surface area (Å²) in [7, 11) is 0. The summed E-state index contributed by atoms with van der Waals surface area (Å²) in [4.78, 5) is 36.8. The largest absolute Gasteiger partial charge is 0.459 e. The van der Waals surface area contributed by atoms with Gasteiger partial charge >= 0.3 is 5.97 Å². The zero-order chi connectivity index (χ0) is 21.7. The van der Waals surface area contributed by atoms with Gasteiger partial charge in [-0.1, -0.05) is 32.8 Å². The van der Waals surface area contributed by atoms with Gasteiger partial charge in [0.05, 0.1) is 11.8 Å². The molecular weight excluding hydrogens is 384 g/mol. The van der Waals surface area contributed by atoms with Crippen LogP contribution in [0.1, 0.15) is 59.6 Å². The first-order chi connectivity index (χ1) is 14.3. The fourth-order valence-corrected chi connectivity index (χ4v) is 3.72. The predicted octanol–water partition coefficient (Wildman–Crippen LogP) is 3.94. The number of carbonyl (C=O) groups is 3. The number of hydrogen-bond acceptors (Lipinski definition) is 5. The zero-order valence-corrected chi connectivity index (χ0v) is 17.6. The molecule has 30 heavy (non-hydrogen) atoms. The van der Waals surface area contributed by atoms with Crippen LogP contribution in [0.3, 0.4) is 0 Å². The summed E-state index contributed by atoms with van der Waals surface area (Å²) in [5.74, 6) is -0.199. The highest BCUT2D eigenvalue weighted by Crippen LogP contribution is 2.29. The fourth-order valence-electron chi connectivity index (χ4n) is 3.72. The number of esters is 1. The Morgan fingerprint density at radius 1 is 1.17 bits per heavy atom. The average Bonchev–Trinajstić information content (AvgIpc) is 3.26. The second-order valence-electron chi connectivity index (χ2n) is 7.98. The second kappa shape index (κ2) is 9.61. The summed E-state index contributed by atoms with van der Waals surface area (Å²) in [5.41, 5.74) is 1.51. The number of ether oxygens (including phenoxy) is 1. The minimum absolute atomic E-state index is 0.114. The maximum atomic E-state index is 12.4. The Morgan fingerprint density at radius 3 is 2.70 bits per heavy atom. The van der Waals surface area contributed by atoms with Gasteiger partial charge in [0.15, 0.2) is 12.4 Å². The molecule has 2 N–H and O–H groups in total. The van der Waals surface area contributed by atoms with Crippen molar-refractivity contribution in [3.8, 4) is 0 Å². The van der Waals surface area contributed by atoms with Crippen molar-refractivity contribution in [1.82, 2.24) is 5.32 Å². The molecule has 1 saturated carbocycles. The van der Waals surface area contributed by atoms with E-state index in [2.05, 4.69) is 24.5 Å². The highest BCUT2D eigenvalue weighted by Gasteiger charge is 2.28. The SMILES string of the molecule is Cc1ccc(C(=O)OCC(=O)NC2CCCC(C)C2C)cc1NC(=O)c1ccco1. The number of nitrogens with one attached hydrogen (secondary N) is 2. The first-order valence-corrected chi connectivity index (χ1v) is 10.3. The van der Waals surface area contributed by atoms with Gasteiger partial charge in [0.1, 0.15) is 0 Å². The molecule has 3 atom stereocenters. The number of anilines is 1. The van der Waals surface area contributed by atoms with Gasteiger partial charge < -0.3 is 19.8 Å². The number of rotatable bonds is 6. The van der Waals surface area contributed by atoms with Crippen molar-refractivity contribution in [3.63, 3.8) is 0 Å². The lowest BCUT2D eigenvalue weighted by atomic mass is 9.78. The predicted molar refractivity (Wildman–Crippen MR) is 112 cm³/mol. The number of benzene rings is 1. The summed E-state index contributed by atoms with van der Waals surface area (Å²) in [6.07, 6.45) is 4.62. The standard InChI is InChI=1S/C23H28N2O5/c1-14-6-4-7-18(16(14)3)24-21(26)13-30-23(28)17-10-9-15(2)19(12-17)25-22(27)20-8-5-11-29-20/h5,8-12,14,16,18H,4,6-7,13H2,1-3H3,(H,24,26)(H,25,27). The van der Waals surface area contributed by atoms with Gasteiger partial charge in [0.2, 0.25) is 0 Å². The summed E-state index contributed by atoms with van der Waals surface area (Å²) < 4.78 is 10.3. The lowest BCUT2D eigenvalue weighted by Crippen LogP contribution is -2.45. The molecule has 3 unspecified atom stereocenters. The van der Waals surface area contributed by atoms with Crippen LogP contribution in [0.15, 0.2) is 41.0 Å². The molecule has 0 radical (unpaired) electrons. The monoisotopic (exact) mass is 412 g/mol. The number of amides is 2.